The van der Waals surface area contributed by atoms with Crippen LogP contribution in [0.3, 0.4) is 0 Å². The summed E-state index contributed by atoms with van der Waals surface area (Å²) in [6.45, 7) is 0. The van der Waals surface area contributed by atoms with Crippen molar-refractivity contribution >= 4 is 27.6 Å². The smallest absolute Gasteiger partial charge is 0.313 e. The second kappa shape index (κ2) is 3.01. The molecule has 0 aromatic heterocycles. The minimum atomic E-state index is -1.14. The lowest BCUT2D eigenvalue weighted by atomic mass is 9.90. The van der Waals surface area contributed by atoms with Crippen LogP contribution in [0, 0.1) is 5.92 Å². The molecule has 2 saturated heterocycles. The number of carbonyl (C=O) groups excluding carboxylic acids is 1. The van der Waals surface area contributed by atoms with E-state index in [4.69, 9.17) is 4.74 Å². The number of ether oxygens (including phenoxy) is 1. The van der Waals surface area contributed by atoms with Crippen LogP contribution in [0.15, 0.2) is 12.2 Å². The number of carbonyl (C=O) groups is 1. The third-order valence-corrected chi connectivity index (χ3v) is 8.09. The van der Waals surface area contributed by atoms with E-state index < -0.39 is 31.8 Å². The van der Waals surface area contributed by atoms with Crippen LogP contribution in [-0.2, 0) is 31.1 Å². The van der Waals surface area contributed by atoms with Gasteiger partial charge in [-0.2, -0.15) is 0 Å². The van der Waals surface area contributed by atoms with Gasteiger partial charge in [-0.25, -0.2) is 0 Å². The molecule has 2 fully saturated rings. The summed E-state index contributed by atoms with van der Waals surface area (Å²) in [5, 5.41) is 0. The molecule has 3 aliphatic heterocycles. The monoisotopic (exact) mass is 246 g/mol. The van der Waals surface area contributed by atoms with Gasteiger partial charge in [0.25, 0.3) is 0 Å². The Labute approximate surface area is 92.0 Å². The van der Waals surface area contributed by atoms with Crippen molar-refractivity contribution in [2.24, 2.45) is 5.92 Å². The third kappa shape index (κ3) is 1.09. The number of fused-ring (bicyclic) bond motifs is 1. The summed E-state index contributed by atoms with van der Waals surface area (Å²) in [5.41, 5.74) is 0. The van der Waals surface area contributed by atoms with Gasteiger partial charge in [-0.15, -0.1) is 0 Å². The van der Waals surface area contributed by atoms with E-state index in [0.717, 1.165) is 0 Å². The van der Waals surface area contributed by atoms with E-state index in [1.807, 2.05) is 0 Å². The molecule has 4 atom stereocenters. The molecule has 2 unspecified atom stereocenters. The van der Waals surface area contributed by atoms with Crippen molar-refractivity contribution in [2.45, 2.75) is 16.6 Å². The molecule has 4 aliphatic rings. The minimum Gasteiger partial charge on any atom is -0.455 e. The Balaban J connectivity index is 2.09. The van der Waals surface area contributed by atoms with Crippen LogP contribution in [0.2, 0.25) is 0 Å². The van der Waals surface area contributed by atoms with Crippen molar-refractivity contribution in [1.29, 1.82) is 0 Å². The van der Waals surface area contributed by atoms with Crippen molar-refractivity contribution in [3.63, 3.8) is 0 Å². The fraction of sp³-hybridized carbons (Fsp3) is 0.667. The molecular formula is C9H10O4S2. The highest BCUT2D eigenvalue weighted by molar-refractivity contribution is 8.07. The highest BCUT2D eigenvalue weighted by atomic mass is 32.3. The summed E-state index contributed by atoms with van der Waals surface area (Å²) in [6.07, 6.45) is 3.41. The first-order valence-electron chi connectivity index (χ1n) is 4.80. The Hall–Kier alpha value is -0.490. The Morgan fingerprint density at radius 2 is 1.93 bits per heavy atom. The van der Waals surface area contributed by atoms with E-state index >= 15 is 0 Å². The minimum absolute atomic E-state index is 0.269. The van der Waals surface area contributed by atoms with E-state index in [1.165, 1.54) is 0 Å². The van der Waals surface area contributed by atoms with Gasteiger partial charge in [0, 0.05) is 33.1 Å². The number of rotatable bonds is 0. The van der Waals surface area contributed by atoms with Gasteiger partial charge in [0.2, 0.25) is 0 Å². The van der Waals surface area contributed by atoms with E-state index in [2.05, 4.69) is 0 Å². The summed E-state index contributed by atoms with van der Waals surface area (Å²) < 4.78 is 28.3. The molecule has 1 aliphatic carbocycles. The maximum absolute atomic E-state index is 12.0. The molecule has 0 aromatic rings. The lowest BCUT2D eigenvalue weighted by Crippen LogP contribution is -2.56. The fourth-order valence-electron chi connectivity index (χ4n) is 2.42. The van der Waals surface area contributed by atoms with Gasteiger partial charge in [-0.3, -0.25) is 13.2 Å². The van der Waals surface area contributed by atoms with Crippen LogP contribution in [0.5, 0.6) is 0 Å². The van der Waals surface area contributed by atoms with Crippen molar-refractivity contribution in [3.8, 4) is 0 Å². The number of esters is 1. The second-order valence-electron chi connectivity index (χ2n) is 3.96. The molecule has 6 heteroatoms. The molecule has 3 heterocycles. The van der Waals surface area contributed by atoms with Crippen LogP contribution < -0.4 is 0 Å². The van der Waals surface area contributed by atoms with Crippen LogP contribution in [0.25, 0.3) is 0 Å². The van der Waals surface area contributed by atoms with Gasteiger partial charge in [0.1, 0.15) is 6.10 Å². The average molecular weight is 246 g/mol. The fourth-order valence-corrected chi connectivity index (χ4v) is 7.16. The normalized spacial score (nSPS) is 52.4. The Morgan fingerprint density at radius 3 is 2.40 bits per heavy atom. The lowest BCUT2D eigenvalue weighted by Gasteiger charge is -2.42. The van der Waals surface area contributed by atoms with E-state index in [0.29, 0.717) is 17.9 Å². The average Bonchev–Trinajstić information content (AvgIpc) is 2.50. The zero-order chi connectivity index (χ0) is 10.6. The standard InChI is InChI=1S/C9H10O4S2/c10-8-6-1-2-7(13-8)9(5-6)14(11)3-4-15(9)12/h1-2,6-7H,3-5H2/t6-,7+,9?,14?,15?/m0/s1. The Morgan fingerprint density at radius 1 is 1.27 bits per heavy atom. The summed E-state index contributed by atoms with van der Waals surface area (Å²) >= 11 is 0. The van der Waals surface area contributed by atoms with Gasteiger partial charge in [0.05, 0.1) is 5.92 Å². The SMILES string of the molecule is O=C1O[C@@H]2C=C[C@H]1CC21S(=O)CCS1=O. The molecular weight excluding hydrogens is 236 g/mol. The largest absolute Gasteiger partial charge is 0.455 e. The van der Waals surface area contributed by atoms with Gasteiger partial charge < -0.3 is 4.74 Å². The lowest BCUT2D eigenvalue weighted by molar-refractivity contribution is -0.157. The summed E-state index contributed by atoms with van der Waals surface area (Å²) in [5.74, 6) is 0.303. The quantitative estimate of drug-likeness (QED) is 0.435. The number of hydrogen-bond donors (Lipinski definition) is 0. The zero-order valence-electron chi connectivity index (χ0n) is 7.88. The van der Waals surface area contributed by atoms with Crippen molar-refractivity contribution in [2.75, 3.05) is 11.5 Å². The predicted molar refractivity (Wildman–Crippen MR) is 55.9 cm³/mol. The molecule has 15 heavy (non-hydrogen) atoms. The molecule has 2 bridgehead atoms. The van der Waals surface area contributed by atoms with Crippen LogP contribution in [-0.4, -0.2) is 36.1 Å². The topological polar surface area (TPSA) is 60.4 Å². The number of hydrogen-bond acceptors (Lipinski definition) is 4. The third-order valence-electron chi connectivity index (χ3n) is 3.23. The van der Waals surface area contributed by atoms with E-state index in [1.54, 1.807) is 12.2 Å². The van der Waals surface area contributed by atoms with Crippen LogP contribution in [0.4, 0.5) is 0 Å². The highest BCUT2D eigenvalue weighted by Crippen LogP contribution is 2.45. The molecule has 0 saturated carbocycles. The zero-order valence-corrected chi connectivity index (χ0v) is 9.51. The van der Waals surface area contributed by atoms with Gasteiger partial charge in [0.15, 0.2) is 4.08 Å². The predicted octanol–water partition coefficient (Wildman–Crippen LogP) is -0.305. The molecule has 0 amide bonds. The van der Waals surface area contributed by atoms with E-state index in [-0.39, 0.29) is 11.9 Å². The van der Waals surface area contributed by atoms with Crippen LogP contribution in [0.1, 0.15) is 6.42 Å². The van der Waals surface area contributed by atoms with Crippen molar-refractivity contribution in [1.82, 2.24) is 0 Å². The molecule has 0 radical (unpaired) electrons. The Bertz CT molecular complexity index is 398. The van der Waals surface area contributed by atoms with Crippen molar-refractivity contribution < 1.29 is 17.9 Å². The molecule has 0 N–H and O–H groups in total. The van der Waals surface area contributed by atoms with Gasteiger partial charge >= 0.3 is 5.97 Å². The van der Waals surface area contributed by atoms with Gasteiger partial charge in [-0.1, -0.05) is 6.08 Å². The maximum Gasteiger partial charge on any atom is 0.313 e. The first kappa shape index (κ1) is 9.72. The van der Waals surface area contributed by atoms with Gasteiger partial charge in [-0.05, 0) is 12.5 Å². The summed E-state index contributed by atoms with van der Waals surface area (Å²) in [6, 6.07) is 0. The summed E-state index contributed by atoms with van der Waals surface area (Å²) in [4.78, 5) is 11.3. The molecule has 1 spiro atoms. The molecule has 82 valence electrons. The molecule has 4 nitrogen and oxygen atoms in total. The molecule has 4 rings (SSSR count). The maximum atomic E-state index is 12.0. The Kier molecular flexibility index (Phi) is 1.95. The first-order valence-corrected chi connectivity index (χ1v) is 7.44. The second-order valence-corrected chi connectivity index (χ2v) is 7.88. The first-order chi connectivity index (χ1) is 7.14. The highest BCUT2D eigenvalue weighted by Gasteiger charge is 2.60. The van der Waals surface area contributed by atoms with Crippen molar-refractivity contribution in [3.05, 3.63) is 12.2 Å². The molecule has 0 aromatic carbocycles. The van der Waals surface area contributed by atoms with Crippen LogP contribution >= 0.6 is 0 Å². The van der Waals surface area contributed by atoms with E-state index in [9.17, 15) is 13.2 Å². The summed E-state index contributed by atoms with van der Waals surface area (Å²) in [7, 11) is -2.28.